The average molecular weight is 437 g/mol. The first kappa shape index (κ1) is 21.1. The van der Waals surface area contributed by atoms with Gasteiger partial charge in [0.2, 0.25) is 5.91 Å². The van der Waals surface area contributed by atoms with Crippen molar-refractivity contribution in [1.29, 1.82) is 0 Å². The lowest BCUT2D eigenvalue weighted by atomic mass is 10.2. The van der Waals surface area contributed by atoms with E-state index in [2.05, 4.69) is 10.3 Å². The van der Waals surface area contributed by atoms with Gasteiger partial charge in [0.05, 0.1) is 5.69 Å². The SMILES string of the molecule is Cn1c(N)c(N(N)CC(=O)Nc2nc(-c3ccc(F)c(F)c3)cs2)c(=O)n(C)c1=O. The Balaban J connectivity index is 1.75. The quantitative estimate of drug-likeness (QED) is 0.387. The van der Waals surface area contributed by atoms with Crippen LogP contribution in [0, 0.1) is 11.6 Å². The van der Waals surface area contributed by atoms with Crippen molar-refractivity contribution in [3.8, 4) is 11.3 Å². The summed E-state index contributed by atoms with van der Waals surface area (Å²) in [7, 11) is 2.63. The van der Waals surface area contributed by atoms with Gasteiger partial charge in [-0.15, -0.1) is 11.3 Å². The highest BCUT2D eigenvalue weighted by molar-refractivity contribution is 7.14. The summed E-state index contributed by atoms with van der Waals surface area (Å²) in [6, 6.07) is 3.33. The maximum Gasteiger partial charge on any atom is 0.332 e. The van der Waals surface area contributed by atoms with Gasteiger partial charge in [0.25, 0.3) is 5.56 Å². The fourth-order valence-electron chi connectivity index (χ4n) is 2.62. The van der Waals surface area contributed by atoms with E-state index < -0.39 is 35.3 Å². The summed E-state index contributed by atoms with van der Waals surface area (Å²) in [5.74, 6) is 3.05. The molecule has 0 saturated heterocycles. The number of nitrogen functional groups attached to an aromatic ring is 1. The Morgan fingerprint density at radius 3 is 2.60 bits per heavy atom. The highest BCUT2D eigenvalue weighted by Crippen LogP contribution is 2.26. The molecule has 2 heterocycles. The average Bonchev–Trinajstić information content (AvgIpc) is 3.15. The zero-order valence-electron chi connectivity index (χ0n) is 15.8. The molecule has 2 aromatic heterocycles. The van der Waals surface area contributed by atoms with Gasteiger partial charge >= 0.3 is 5.69 Å². The summed E-state index contributed by atoms with van der Waals surface area (Å²) in [6.07, 6.45) is 0. The molecule has 0 fully saturated rings. The Bertz CT molecular complexity index is 1250. The molecule has 10 nitrogen and oxygen atoms in total. The number of hydrogen-bond donors (Lipinski definition) is 3. The minimum Gasteiger partial charge on any atom is -0.383 e. The number of carbonyl (C=O) groups is 1. The van der Waals surface area contributed by atoms with Crippen molar-refractivity contribution in [2.45, 2.75) is 0 Å². The fraction of sp³-hybridized carbons (Fsp3) is 0.176. The molecule has 0 bridgehead atoms. The number of hydrogen-bond acceptors (Lipinski definition) is 8. The molecular weight excluding hydrogens is 420 g/mol. The number of nitrogens with two attached hydrogens (primary N) is 2. The van der Waals surface area contributed by atoms with Crippen molar-refractivity contribution < 1.29 is 13.6 Å². The molecule has 3 rings (SSSR count). The Morgan fingerprint density at radius 2 is 1.93 bits per heavy atom. The van der Waals surface area contributed by atoms with E-state index in [-0.39, 0.29) is 16.6 Å². The van der Waals surface area contributed by atoms with E-state index >= 15 is 0 Å². The number of aromatic nitrogens is 3. The molecule has 0 aliphatic rings. The second-order valence-electron chi connectivity index (χ2n) is 6.28. The largest absolute Gasteiger partial charge is 0.383 e. The highest BCUT2D eigenvalue weighted by atomic mass is 32.1. The molecule has 0 aliphatic heterocycles. The van der Waals surface area contributed by atoms with Crippen LogP contribution in [0.1, 0.15) is 0 Å². The van der Waals surface area contributed by atoms with Crippen LogP contribution in [0.4, 0.5) is 25.4 Å². The number of rotatable bonds is 5. The first-order valence-corrected chi connectivity index (χ1v) is 9.26. The maximum absolute atomic E-state index is 13.4. The van der Waals surface area contributed by atoms with Gasteiger partial charge in [-0.05, 0) is 18.2 Å². The molecule has 5 N–H and O–H groups in total. The van der Waals surface area contributed by atoms with Gasteiger partial charge in [0, 0.05) is 25.0 Å². The van der Waals surface area contributed by atoms with Gasteiger partial charge < -0.3 is 11.1 Å². The smallest absolute Gasteiger partial charge is 0.332 e. The van der Waals surface area contributed by atoms with Gasteiger partial charge in [0.15, 0.2) is 22.5 Å². The van der Waals surface area contributed by atoms with Crippen LogP contribution >= 0.6 is 11.3 Å². The maximum atomic E-state index is 13.4. The Kier molecular flexibility index (Phi) is 5.67. The fourth-order valence-corrected chi connectivity index (χ4v) is 3.36. The number of hydrazine groups is 1. The van der Waals surface area contributed by atoms with E-state index in [1.807, 2.05) is 0 Å². The first-order valence-electron chi connectivity index (χ1n) is 8.38. The number of nitrogens with one attached hydrogen (secondary N) is 1. The summed E-state index contributed by atoms with van der Waals surface area (Å²) in [5.41, 5.74) is 4.89. The molecule has 0 aliphatic carbocycles. The Labute approximate surface area is 171 Å². The summed E-state index contributed by atoms with van der Waals surface area (Å²) >= 11 is 1.06. The molecular formula is C17H17F2N7O3S. The van der Waals surface area contributed by atoms with Crippen LogP contribution in [0.15, 0.2) is 33.2 Å². The molecule has 0 unspecified atom stereocenters. The van der Waals surface area contributed by atoms with Crippen molar-refractivity contribution in [3.63, 3.8) is 0 Å². The molecule has 3 aromatic rings. The molecule has 1 amide bonds. The van der Waals surface area contributed by atoms with Crippen LogP contribution in [-0.2, 0) is 18.9 Å². The predicted molar refractivity (Wildman–Crippen MR) is 109 cm³/mol. The number of carbonyl (C=O) groups excluding carboxylic acids is 1. The summed E-state index contributed by atoms with van der Waals surface area (Å²) in [6.45, 7) is -0.461. The third-order valence-corrected chi connectivity index (χ3v) is 5.01. The lowest BCUT2D eigenvalue weighted by Crippen LogP contribution is -2.47. The third kappa shape index (κ3) is 3.92. The lowest BCUT2D eigenvalue weighted by molar-refractivity contribution is -0.115. The molecule has 0 radical (unpaired) electrons. The molecule has 30 heavy (non-hydrogen) atoms. The number of thiazole rings is 1. The Morgan fingerprint density at radius 1 is 1.23 bits per heavy atom. The number of amides is 1. The van der Waals surface area contributed by atoms with Crippen molar-refractivity contribution in [2.75, 3.05) is 22.6 Å². The number of anilines is 3. The molecule has 0 saturated carbocycles. The van der Waals surface area contributed by atoms with Crippen molar-refractivity contribution in [2.24, 2.45) is 19.9 Å². The number of nitrogens with zero attached hydrogens (tertiary/aromatic N) is 4. The van der Waals surface area contributed by atoms with E-state index in [4.69, 9.17) is 11.6 Å². The normalized spacial score (nSPS) is 10.8. The van der Waals surface area contributed by atoms with Gasteiger partial charge in [-0.1, -0.05) is 0 Å². The van der Waals surface area contributed by atoms with Crippen LogP contribution in [0.25, 0.3) is 11.3 Å². The van der Waals surface area contributed by atoms with E-state index in [9.17, 15) is 23.2 Å². The highest BCUT2D eigenvalue weighted by Gasteiger charge is 2.20. The topological polar surface area (TPSA) is 141 Å². The third-order valence-electron chi connectivity index (χ3n) is 4.25. The molecule has 0 spiro atoms. The molecule has 13 heteroatoms. The van der Waals surface area contributed by atoms with E-state index in [0.717, 1.165) is 37.6 Å². The zero-order chi connectivity index (χ0) is 22.2. The zero-order valence-corrected chi connectivity index (χ0v) is 16.7. The van der Waals surface area contributed by atoms with Crippen LogP contribution in [-0.4, -0.2) is 26.6 Å². The summed E-state index contributed by atoms with van der Waals surface area (Å²) in [4.78, 5) is 40.6. The number of halogens is 2. The van der Waals surface area contributed by atoms with Gasteiger partial charge in [-0.25, -0.2) is 24.4 Å². The van der Waals surface area contributed by atoms with Crippen molar-refractivity contribution >= 4 is 33.9 Å². The predicted octanol–water partition coefficient (Wildman–Crippen LogP) is 0.387. The van der Waals surface area contributed by atoms with Crippen LogP contribution in [0.3, 0.4) is 0 Å². The van der Waals surface area contributed by atoms with Crippen molar-refractivity contribution in [3.05, 3.63) is 56.1 Å². The molecule has 1 aromatic carbocycles. The van der Waals surface area contributed by atoms with E-state index in [1.165, 1.54) is 20.2 Å². The van der Waals surface area contributed by atoms with Crippen LogP contribution < -0.4 is 33.2 Å². The summed E-state index contributed by atoms with van der Waals surface area (Å²) in [5, 5.41) is 5.08. The first-order chi connectivity index (χ1) is 14.1. The Hall–Kier alpha value is -3.58. The van der Waals surface area contributed by atoms with Gasteiger partial charge in [-0.2, -0.15) is 0 Å². The van der Waals surface area contributed by atoms with Crippen LogP contribution in [0.2, 0.25) is 0 Å². The van der Waals surface area contributed by atoms with E-state index in [1.54, 1.807) is 5.38 Å². The second-order valence-corrected chi connectivity index (χ2v) is 7.14. The standard InChI is InChI=1S/C17H17F2N7O3S/c1-24-14(20)13(15(28)25(2)17(24)29)26(21)6-12(27)23-16-22-11(7-30-16)8-3-4-9(18)10(19)5-8/h3-5,7H,6,20-21H2,1-2H3,(H,22,23,27). The van der Waals surface area contributed by atoms with Crippen LogP contribution in [0.5, 0.6) is 0 Å². The second kappa shape index (κ2) is 8.04. The molecule has 158 valence electrons. The monoisotopic (exact) mass is 437 g/mol. The van der Waals surface area contributed by atoms with E-state index in [0.29, 0.717) is 11.3 Å². The van der Waals surface area contributed by atoms with Gasteiger partial charge in [-0.3, -0.25) is 23.7 Å². The minimum atomic E-state index is -1.01. The van der Waals surface area contributed by atoms with Crippen molar-refractivity contribution in [1.82, 2.24) is 14.1 Å². The minimum absolute atomic E-state index is 0.187. The lowest BCUT2D eigenvalue weighted by Gasteiger charge is -2.20. The number of benzene rings is 1. The molecule has 0 atom stereocenters. The van der Waals surface area contributed by atoms with Gasteiger partial charge in [0.1, 0.15) is 12.4 Å². The summed E-state index contributed by atoms with van der Waals surface area (Å²) < 4.78 is 28.3.